The van der Waals surface area contributed by atoms with Gasteiger partial charge in [-0.3, -0.25) is 4.79 Å². The Kier molecular flexibility index (Phi) is 7.30. The quantitative estimate of drug-likeness (QED) is 0.257. The molecular weight excluding hydrogens is 452 g/mol. The fraction of sp³-hybridized carbons (Fsp3) is 0.111. The minimum Gasteiger partial charge on any atom is -0.496 e. The van der Waals surface area contributed by atoms with Crippen molar-refractivity contribution in [3.8, 4) is 17.2 Å². The Morgan fingerprint density at radius 1 is 0.882 bits per heavy atom. The highest BCUT2D eigenvalue weighted by atomic mass is 35.5. The normalized spacial score (nSPS) is 10.9. The molecule has 0 unspecified atom stereocenters. The van der Waals surface area contributed by atoms with Crippen molar-refractivity contribution in [2.24, 2.45) is 5.10 Å². The lowest BCUT2D eigenvalue weighted by molar-refractivity contribution is 0.0952. The molecule has 0 spiro atoms. The van der Waals surface area contributed by atoms with Crippen LogP contribution in [0.2, 0.25) is 5.02 Å². The van der Waals surface area contributed by atoms with E-state index in [0.717, 1.165) is 21.9 Å². The molecule has 1 N–H and O–H groups in total. The molecule has 0 atom stereocenters. The number of ether oxygens (including phenoxy) is 3. The predicted octanol–water partition coefficient (Wildman–Crippen LogP) is 5.85. The Balaban J connectivity index is 1.43. The average Bonchev–Trinajstić information content (AvgIpc) is 2.87. The summed E-state index contributed by atoms with van der Waals surface area (Å²) in [6.07, 6.45) is 1.54. The number of rotatable bonds is 8. The number of benzene rings is 4. The molecule has 0 aliphatic rings. The first kappa shape index (κ1) is 23.1. The molecule has 6 nitrogen and oxygen atoms in total. The number of nitrogens with zero attached hydrogens (tertiary/aromatic N) is 1. The van der Waals surface area contributed by atoms with E-state index in [2.05, 4.69) is 10.5 Å². The highest BCUT2D eigenvalue weighted by molar-refractivity contribution is 6.30. The number of amides is 1. The van der Waals surface area contributed by atoms with E-state index in [1.165, 1.54) is 13.3 Å². The molecule has 0 saturated carbocycles. The molecule has 0 aliphatic carbocycles. The monoisotopic (exact) mass is 474 g/mol. The molecule has 7 heteroatoms. The second-order valence-electron chi connectivity index (χ2n) is 7.42. The van der Waals surface area contributed by atoms with Gasteiger partial charge in [-0.25, -0.2) is 5.43 Å². The van der Waals surface area contributed by atoms with Gasteiger partial charge in [0.15, 0.2) is 11.5 Å². The van der Waals surface area contributed by atoms with Crippen LogP contribution in [0.4, 0.5) is 0 Å². The Hall–Kier alpha value is -4.03. The molecule has 4 aromatic carbocycles. The van der Waals surface area contributed by atoms with Crippen LogP contribution in [-0.4, -0.2) is 26.3 Å². The van der Waals surface area contributed by atoms with Crippen molar-refractivity contribution in [3.63, 3.8) is 0 Å². The van der Waals surface area contributed by atoms with Crippen LogP contribution < -0.4 is 19.6 Å². The average molecular weight is 475 g/mol. The first-order valence-corrected chi connectivity index (χ1v) is 10.9. The van der Waals surface area contributed by atoms with Gasteiger partial charge in [0, 0.05) is 5.02 Å². The Morgan fingerprint density at radius 3 is 2.29 bits per heavy atom. The number of halogens is 1. The summed E-state index contributed by atoms with van der Waals surface area (Å²) in [6, 6.07) is 24.2. The van der Waals surface area contributed by atoms with Gasteiger partial charge in [0.05, 0.1) is 26.0 Å². The first-order chi connectivity index (χ1) is 16.6. The van der Waals surface area contributed by atoms with Crippen LogP contribution in [0.15, 0.2) is 84.0 Å². The van der Waals surface area contributed by atoms with Gasteiger partial charge in [-0.15, -0.1) is 0 Å². The molecule has 4 rings (SSSR count). The maximum absolute atomic E-state index is 12.7. The molecular formula is C27H23ClN2O4. The van der Waals surface area contributed by atoms with Gasteiger partial charge >= 0.3 is 0 Å². The Bertz CT molecular complexity index is 1340. The maximum atomic E-state index is 12.7. The van der Waals surface area contributed by atoms with Crippen molar-refractivity contribution < 1.29 is 19.0 Å². The van der Waals surface area contributed by atoms with Crippen LogP contribution in [0.1, 0.15) is 21.5 Å². The fourth-order valence-corrected chi connectivity index (χ4v) is 3.54. The largest absolute Gasteiger partial charge is 0.496 e. The molecule has 1 amide bonds. The van der Waals surface area contributed by atoms with Crippen LogP contribution >= 0.6 is 11.6 Å². The van der Waals surface area contributed by atoms with E-state index in [4.69, 9.17) is 25.8 Å². The van der Waals surface area contributed by atoms with E-state index >= 15 is 0 Å². The SMILES string of the molecule is COc1cc(/C=N\NC(=O)c2cc3ccccc3cc2OC)ccc1OCc1ccc(Cl)cc1. The van der Waals surface area contributed by atoms with Gasteiger partial charge in [-0.2, -0.15) is 5.10 Å². The van der Waals surface area contributed by atoms with E-state index in [-0.39, 0.29) is 5.91 Å². The van der Waals surface area contributed by atoms with Crippen molar-refractivity contribution in [2.75, 3.05) is 14.2 Å². The Morgan fingerprint density at radius 2 is 1.59 bits per heavy atom. The zero-order valence-electron chi connectivity index (χ0n) is 18.7. The topological polar surface area (TPSA) is 69.2 Å². The summed E-state index contributed by atoms with van der Waals surface area (Å²) in [5.41, 5.74) is 4.69. The number of hydrogen-bond acceptors (Lipinski definition) is 5. The molecule has 0 bridgehead atoms. The lowest BCUT2D eigenvalue weighted by Gasteiger charge is -2.11. The van der Waals surface area contributed by atoms with E-state index < -0.39 is 0 Å². The van der Waals surface area contributed by atoms with Crippen molar-refractivity contribution in [1.82, 2.24) is 5.43 Å². The smallest absolute Gasteiger partial charge is 0.275 e. The lowest BCUT2D eigenvalue weighted by atomic mass is 10.1. The van der Waals surface area contributed by atoms with Crippen LogP contribution in [0, 0.1) is 0 Å². The summed E-state index contributed by atoms with van der Waals surface area (Å²) in [5.74, 6) is 1.27. The molecule has 34 heavy (non-hydrogen) atoms. The van der Waals surface area contributed by atoms with Gasteiger partial charge < -0.3 is 14.2 Å². The summed E-state index contributed by atoms with van der Waals surface area (Å²) in [7, 11) is 3.10. The summed E-state index contributed by atoms with van der Waals surface area (Å²) in [6.45, 7) is 0.380. The Labute approximate surface area is 202 Å². The standard InChI is InChI=1S/C27H23ClN2O4/c1-32-25-15-21-6-4-3-5-20(21)14-23(25)27(31)30-29-16-19-9-12-24(26(13-19)33-2)34-17-18-7-10-22(28)11-8-18/h3-16H,17H2,1-2H3,(H,30,31)/b29-16-. The summed E-state index contributed by atoms with van der Waals surface area (Å²) >= 11 is 5.92. The van der Waals surface area contributed by atoms with Gasteiger partial charge in [-0.05, 0) is 64.4 Å². The second-order valence-corrected chi connectivity index (χ2v) is 7.86. The van der Waals surface area contributed by atoms with Crippen LogP contribution in [0.3, 0.4) is 0 Å². The van der Waals surface area contributed by atoms with Crippen molar-refractivity contribution in [1.29, 1.82) is 0 Å². The fourth-order valence-electron chi connectivity index (χ4n) is 3.42. The number of fused-ring (bicyclic) bond motifs is 1. The molecule has 172 valence electrons. The van der Waals surface area contributed by atoms with Gasteiger partial charge in [0.2, 0.25) is 0 Å². The lowest BCUT2D eigenvalue weighted by Crippen LogP contribution is -2.18. The minimum atomic E-state index is -0.367. The van der Waals surface area contributed by atoms with Crippen molar-refractivity contribution in [3.05, 3.63) is 101 Å². The van der Waals surface area contributed by atoms with Gasteiger partial charge in [-0.1, -0.05) is 48.0 Å². The van der Waals surface area contributed by atoms with E-state index in [1.54, 1.807) is 25.3 Å². The summed E-state index contributed by atoms with van der Waals surface area (Å²) < 4.78 is 16.7. The van der Waals surface area contributed by atoms with Crippen molar-refractivity contribution in [2.45, 2.75) is 6.61 Å². The first-order valence-electron chi connectivity index (χ1n) is 10.5. The maximum Gasteiger partial charge on any atom is 0.275 e. The van der Waals surface area contributed by atoms with Gasteiger partial charge in [0.1, 0.15) is 12.4 Å². The molecule has 4 aromatic rings. The zero-order chi connectivity index (χ0) is 23.9. The minimum absolute atomic E-state index is 0.367. The highest BCUT2D eigenvalue weighted by Crippen LogP contribution is 2.29. The molecule has 0 aliphatic heterocycles. The zero-order valence-corrected chi connectivity index (χ0v) is 19.5. The van der Waals surface area contributed by atoms with Crippen LogP contribution in [0.25, 0.3) is 10.8 Å². The molecule has 0 fully saturated rings. The van der Waals surface area contributed by atoms with Crippen LogP contribution in [-0.2, 0) is 6.61 Å². The number of methoxy groups -OCH3 is 2. The third-order valence-electron chi connectivity index (χ3n) is 5.19. The third kappa shape index (κ3) is 5.47. The predicted molar refractivity (Wildman–Crippen MR) is 134 cm³/mol. The molecule has 0 radical (unpaired) electrons. The number of carbonyl (C=O) groups is 1. The second kappa shape index (κ2) is 10.7. The highest BCUT2D eigenvalue weighted by Gasteiger charge is 2.13. The van der Waals surface area contributed by atoms with Crippen LogP contribution in [0.5, 0.6) is 17.2 Å². The van der Waals surface area contributed by atoms with Gasteiger partial charge in [0.25, 0.3) is 5.91 Å². The van der Waals surface area contributed by atoms with Crippen molar-refractivity contribution >= 4 is 34.5 Å². The molecule has 0 saturated heterocycles. The summed E-state index contributed by atoms with van der Waals surface area (Å²) in [4.78, 5) is 12.7. The van der Waals surface area contributed by atoms with E-state index in [1.807, 2.05) is 60.7 Å². The number of nitrogens with one attached hydrogen (secondary N) is 1. The number of hydrogen-bond donors (Lipinski definition) is 1. The number of carbonyl (C=O) groups excluding carboxylic acids is 1. The summed E-state index contributed by atoms with van der Waals surface area (Å²) in [5, 5.41) is 6.70. The molecule has 0 heterocycles. The van der Waals surface area contributed by atoms with E-state index in [9.17, 15) is 4.79 Å². The van der Waals surface area contributed by atoms with E-state index in [0.29, 0.717) is 34.4 Å². The third-order valence-corrected chi connectivity index (χ3v) is 5.44. The number of hydrazone groups is 1. The molecule has 0 aromatic heterocycles.